The van der Waals surface area contributed by atoms with Gasteiger partial charge in [-0.2, -0.15) is 0 Å². The maximum atomic E-state index is 12.9. The van der Waals surface area contributed by atoms with E-state index in [9.17, 15) is 14.4 Å². The lowest BCUT2D eigenvalue weighted by Crippen LogP contribution is -2.30. The van der Waals surface area contributed by atoms with Crippen LogP contribution >= 0.6 is 0 Å². The SMILES string of the molecule is CC/C=C\C/C=C\C/C=C\C/C=C\CCCCC(=O)OCC(COC(=O)CCCCCCCCCCCCCCCCC/C=C\CCCCCCCCCC)OC(=O)CCCCCCCCC/C=C\CCCCCCCC. The van der Waals surface area contributed by atoms with Gasteiger partial charge >= 0.3 is 17.9 Å². The third-order valence-electron chi connectivity index (χ3n) is 14.7. The number of unbranched alkanes of at least 4 members (excludes halogenated alkanes) is 38. The zero-order valence-corrected chi connectivity index (χ0v) is 51.2. The molecule has 6 nitrogen and oxygen atoms in total. The van der Waals surface area contributed by atoms with Gasteiger partial charge < -0.3 is 14.2 Å². The molecule has 0 aliphatic rings. The van der Waals surface area contributed by atoms with Crippen molar-refractivity contribution in [3.05, 3.63) is 72.9 Å². The Kier molecular flexibility index (Phi) is 62.7. The van der Waals surface area contributed by atoms with Crippen molar-refractivity contribution in [3.63, 3.8) is 0 Å². The summed E-state index contributed by atoms with van der Waals surface area (Å²) in [6.07, 6.45) is 85.0. The number of allylic oxidation sites excluding steroid dienone is 12. The molecule has 0 aromatic rings. The van der Waals surface area contributed by atoms with E-state index < -0.39 is 6.10 Å². The molecule has 0 amide bonds. The van der Waals surface area contributed by atoms with Gasteiger partial charge in [-0.05, 0) is 109 Å². The van der Waals surface area contributed by atoms with Gasteiger partial charge in [-0.25, -0.2) is 0 Å². The first-order valence-corrected chi connectivity index (χ1v) is 33.4. The van der Waals surface area contributed by atoms with Crippen molar-refractivity contribution in [1.82, 2.24) is 0 Å². The summed E-state index contributed by atoms with van der Waals surface area (Å²) in [7, 11) is 0. The molecule has 0 aromatic heterocycles. The Balaban J connectivity index is 4.29. The Morgan fingerprint density at radius 3 is 0.831 bits per heavy atom. The van der Waals surface area contributed by atoms with Crippen molar-refractivity contribution in [2.24, 2.45) is 0 Å². The van der Waals surface area contributed by atoms with Gasteiger partial charge in [0.1, 0.15) is 13.2 Å². The highest BCUT2D eigenvalue weighted by atomic mass is 16.6. The Bertz CT molecular complexity index is 1420. The summed E-state index contributed by atoms with van der Waals surface area (Å²) in [5.74, 6) is -0.920. The molecule has 0 aliphatic heterocycles. The molecular weight excluding hydrogens is 949 g/mol. The molecule has 77 heavy (non-hydrogen) atoms. The average Bonchev–Trinajstić information content (AvgIpc) is 3.43. The highest BCUT2D eigenvalue weighted by molar-refractivity contribution is 5.71. The summed E-state index contributed by atoms with van der Waals surface area (Å²) >= 11 is 0. The Morgan fingerprint density at radius 2 is 0.506 bits per heavy atom. The second kappa shape index (κ2) is 65.4. The molecule has 446 valence electrons. The molecule has 0 aliphatic carbocycles. The van der Waals surface area contributed by atoms with Crippen LogP contribution in [0.3, 0.4) is 0 Å². The van der Waals surface area contributed by atoms with Crippen molar-refractivity contribution < 1.29 is 28.6 Å². The van der Waals surface area contributed by atoms with Crippen LogP contribution in [-0.4, -0.2) is 37.2 Å². The molecule has 0 aromatic carbocycles. The predicted octanol–water partition coefficient (Wildman–Crippen LogP) is 22.9. The van der Waals surface area contributed by atoms with Crippen LogP contribution in [0.15, 0.2) is 72.9 Å². The van der Waals surface area contributed by atoms with E-state index in [0.717, 1.165) is 83.5 Å². The fourth-order valence-electron chi connectivity index (χ4n) is 9.66. The molecule has 0 bridgehead atoms. The van der Waals surface area contributed by atoms with E-state index in [0.29, 0.717) is 19.3 Å². The number of hydrogen-bond donors (Lipinski definition) is 0. The third-order valence-corrected chi connectivity index (χ3v) is 14.7. The fraction of sp³-hybridized carbons (Fsp3) is 0.789. The number of carbonyl (C=O) groups is 3. The van der Waals surface area contributed by atoms with E-state index >= 15 is 0 Å². The van der Waals surface area contributed by atoms with Gasteiger partial charge in [0, 0.05) is 19.3 Å². The Labute approximate surface area is 478 Å². The van der Waals surface area contributed by atoms with Crippen LogP contribution in [0.1, 0.15) is 342 Å². The smallest absolute Gasteiger partial charge is 0.306 e. The van der Waals surface area contributed by atoms with E-state index in [1.54, 1.807) is 0 Å². The summed E-state index contributed by atoms with van der Waals surface area (Å²) in [4.78, 5) is 38.3. The minimum absolute atomic E-state index is 0.0881. The second-order valence-electron chi connectivity index (χ2n) is 22.3. The van der Waals surface area contributed by atoms with Crippen molar-refractivity contribution in [2.45, 2.75) is 348 Å². The van der Waals surface area contributed by atoms with Gasteiger partial charge in [0.25, 0.3) is 0 Å². The average molecular weight is 1080 g/mol. The standard InChI is InChI=1S/C71H126O6/c1-4-7-10-13-16-19-22-25-28-30-31-32-33-34-35-36-37-38-39-41-43-46-49-52-55-58-61-64-70(73)76-67-68(66-75-69(72)63-60-57-54-51-48-45-42-27-24-21-18-15-12-9-6-3)77-71(74)65-62-59-56-53-50-47-44-40-29-26-23-20-17-14-11-8-5-2/h9,12,18,21,26-27,29-31,42,48,51,68H,4-8,10-11,13-17,19-20,22-25,28,32-41,43-47,49-50,52-67H2,1-3H3/b12-9-,21-18-,29-26-,31-30-,42-27-,51-48-. The lowest BCUT2D eigenvalue weighted by Gasteiger charge is -2.18. The topological polar surface area (TPSA) is 78.9 Å². The first-order valence-electron chi connectivity index (χ1n) is 33.4. The van der Waals surface area contributed by atoms with Crippen LogP contribution in [0.2, 0.25) is 0 Å². The van der Waals surface area contributed by atoms with Gasteiger partial charge in [-0.15, -0.1) is 0 Å². The molecule has 1 atom stereocenters. The zero-order chi connectivity index (χ0) is 55.7. The molecule has 0 fully saturated rings. The van der Waals surface area contributed by atoms with Crippen molar-refractivity contribution in [3.8, 4) is 0 Å². The number of rotatable bonds is 61. The van der Waals surface area contributed by atoms with E-state index in [2.05, 4.69) is 93.7 Å². The summed E-state index contributed by atoms with van der Waals surface area (Å²) in [5, 5.41) is 0. The minimum Gasteiger partial charge on any atom is -0.462 e. The van der Waals surface area contributed by atoms with E-state index in [1.165, 1.54) is 218 Å². The number of carbonyl (C=O) groups excluding carboxylic acids is 3. The molecule has 0 saturated carbocycles. The summed E-state index contributed by atoms with van der Waals surface area (Å²) in [6.45, 7) is 6.52. The summed E-state index contributed by atoms with van der Waals surface area (Å²) < 4.78 is 16.9. The van der Waals surface area contributed by atoms with E-state index in [4.69, 9.17) is 14.2 Å². The molecule has 1 unspecified atom stereocenters. The van der Waals surface area contributed by atoms with E-state index in [1.807, 2.05) is 0 Å². The van der Waals surface area contributed by atoms with E-state index in [-0.39, 0.29) is 31.1 Å². The maximum Gasteiger partial charge on any atom is 0.306 e. The lowest BCUT2D eigenvalue weighted by atomic mass is 10.0. The van der Waals surface area contributed by atoms with Crippen molar-refractivity contribution in [2.75, 3.05) is 13.2 Å². The monoisotopic (exact) mass is 1070 g/mol. The Hall–Kier alpha value is -3.15. The van der Waals surface area contributed by atoms with Crippen LogP contribution in [0.5, 0.6) is 0 Å². The first kappa shape index (κ1) is 73.8. The molecule has 0 radical (unpaired) electrons. The lowest BCUT2D eigenvalue weighted by molar-refractivity contribution is -0.167. The highest BCUT2D eigenvalue weighted by Gasteiger charge is 2.19. The summed E-state index contributed by atoms with van der Waals surface area (Å²) in [6, 6.07) is 0. The predicted molar refractivity (Wildman–Crippen MR) is 335 cm³/mol. The minimum atomic E-state index is -0.795. The van der Waals surface area contributed by atoms with Crippen LogP contribution in [0.4, 0.5) is 0 Å². The summed E-state index contributed by atoms with van der Waals surface area (Å²) in [5.41, 5.74) is 0. The Morgan fingerprint density at radius 1 is 0.273 bits per heavy atom. The third kappa shape index (κ3) is 63.6. The van der Waals surface area contributed by atoms with Crippen LogP contribution in [-0.2, 0) is 28.6 Å². The van der Waals surface area contributed by atoms with Gasteiger partial charge in [-0.3, -0.25) is 14.4 Å². The number of ether oxygens (including phenoxy) is 3. The first-order chi connectivity index (χ1) is 38.0. The molecule has 0 N–H and O–H groups in total. The van der Waals surface area contributed by atoms with Crippen LogP contribution in [0.25, 0.3) is 0 Å². The normalized spacial score (nSPS) is 12.5. The molecule has 0 spiro atoms. The molecule has 0 rings (SSSR count). The number of hydrogen-bond acceptors (Lipinski definition) is 6. The second-order valence-corrected chi connectivity index (χ2v) is 22.3. The van der Waals surface area contributed by atoms with Crippen LogP contribution < -0.4 is 0 Å². The fourth-order valence-corrected chi connectivity index (χ4v) is 9.66. The highest BCUT2D eigenvalue weighted by Crippen LogP contribution is 2.17. The number of esters is 3. The van der Waals surface area contributed by atoms with Gasteiger partial charge in [0.05, 0.1) is 0 Å². The van der Waals surface area contributed by atoms with Gasteiger partial charge in [0.2, 0.25) is 0 Å². The molecule has 0 heterocycles. The quantitative estimate of drug-likeness (QED) is 0.0261. The molecule has 6 heteroatoms. The molecular formula is C71H126O6. The maximum absolute atomic E-state index is 12.9. The largest absolute Gasteiger partial charge is 0.462 e. The van der Waals surface area contributed by atoms with Crippen molar-refractivity contribution in [1.29, 1.82) is 0 Å². The van der Waals surface area contributed by atoms with Crippen molar-refractivity contribution >= 4 is 17.9 Å². The molecule has 0 saturated heterocycles. The van der Waals surface area contributed by atoms with Gasteiger partial charge in [-0.1, -0.05) is 286 Å². The van der Waals surface area contributed by atoms with Crippen LogP contribution in [0, 0.1) is 0 Å². The van der Waals surface area contributed by atoms with Gasteiger partial charge in [0.15, 0.2) is 6.10 Å². The zero-order valence-electron chi connectivity index (χ0n) is 51.2.